The van der Waals surface area contributed by atoms with E-state index >= 15 is 0 Å². The summed E-state index contributed by atoms with van der Waals surface area (Å²) < 4.78 is 11.8. The summed E-state index contributed by atoms with van der Waals surface area (Å²) in [5, 5.41) is 0. The van der Waals surface area contributed by atoms with E-state index in [1.807, 2.05) is 51.3 Å². The van der Waals surface area contributed by atoms with E-state index in [4.69, 9.17) is 22.3 Å². The van der Waals surface area contributed by atoms with Crippen molar-refractivity contribution in [3.63, 3.8) is 0 Å². The molecule has 0 aliphatic heterocycles. The Bertz CT molecular complexity index is 931. The molecule has 0 N–H and O–H groups in total. The highest BCUT2D eigenvalue weighted by Gasteiger charge is 2.49. The van der Waals surface area contributed by atoms with E-state index in [0.29, 0.717) is 43.2 Å². The average Bonchev–Trinajstić information content (AvgIpc) is 3.44. The summed E-state index contributed by atoms with van der Waals surface area (Å²) in [7, 11) is 0. The highest BCUT2D eigenvalue weighted by Crippen LogP contribution is 2.49. The maximum atomic E-state index is 13.6. The summed E-state index contributed by atoms with van der Waals surface area (Å²) in [5.41, 5.74) is -1.20. The summed E-state index contributed by atoms with van der Waals surface area (Å²) in [5.74, 6) is 8.33. The fourth-order valence-corrected chi connectivity index (χ4v) is 8.44. The van der Waals surface area contributed by atoms with E-state index in [1.54, 1.807) is 0 Å². The van der Waals surface area contributed by atoms with E-state index in [2.05, 4.69) is 11.8 Å². The zero-order chi connectivity index (χ0) is 29.9. The number of nitrogens with zero attached hydrogens (tertiary/aromatic N) is 2. The van der Waals surface area contributed by atoms with Crippen LogP contribution in [0.3, 0.4) is 0 Å². The lowest BCUT2D eigenvalue weighted by Gasteiger charge is -2.36. The first kappa shape index (κ1) is 31.6. The van der Waals surface area contributed by atoms with Gasteiger partial charge in [-0.3, -0.25) is 0 Å². The first-order valence-corrected chi connectivity index (χ1v) is 16.2. The lowest BCUT2D eigenvalue weighted by Crippen LogP contribution is -2.49. The van der Waals surface area contributed by atoms with Gasteiger partial charge < -0.3 is 19.3 Å². The zero-order valence-electron chi connectivity index (χ0n) is 26.5. The lowest BCUT2D eigenvalue weighted by molar-refractivity contribution is 0.00694. The summed E-state index contributed by atoms with van der Waals surface area (Å²) in [6, 6.07) is -0.0727. The molecular formula is C35H54N2O4. The normalized spacial score (nSPS) is 33.1. The minimum absolute atomic E-state index is 0.0364. The van der Waals surface area contributed by atoms with Gasteiger partial charge in [-0.25, -0.2) is 9.59 Å². The summed E-state index contributed by atoms with van der Waals surface area (Å²) in [6.07, 6.45) is 23.7. The number of hydrogen-bond donors (Lipinski definition) is 0. The summed E-state index contributed by atoms with van der Waals surface area (Å²) in [4.78, 5) is 31.1. The molecule has 4 aliphatic carbocycles. The van der Waals surface area contributed by atoms with Crippen molar-refractivity contribution in [3.05, 3.63) is 0 Å². The molecule has 0 spiro atoms. The Kier molecular flexibility index (Phi) is 9.93. The van der Waals surface area contributed by atoms with E-state index in [-0.39, 0.29) is 36.1 Å². The van der Waals surface area contributed by atoms with Crippen LogP contribution in [0.1, 0.15) is 112 Å². The quantitative estimate of drug-likeness (QED) is 0.312. The van der Waals surface area contributed by atoms with Gasteiger partial charge in [0.25, 0.3) is 0 Å². The van der Waals surface area contributed by atoms with Crippen molar-refractivity contribution in [2.75, 3.05) is 13.1 Å². The molecule has 0 aromatic heterocycles. The van der Waals surface area contributed by atoms with Crippen LogP contribution in [0.2, 0.25) is 0 Å². The average molecular weight is 567 g/mol. The van der Waals surface area contributed by atoms with Gasteiger partial charge in [0.15, 0.2) is 0 Å². The van der Waals surface area contributed by atoms with E-state index in [0.717, 1.165) is 25.7 Å². The number of hydrogen-bond acceptors (Lipinski definition) is 4. The Hall–Kier alpha value is -2.34. The third kappa shape index (κ3) is 7.55. The van der Waals surface area contributed by atoms with Crippen LogP contribution in [-0.2, 0) is 9.47 Å². The highest BCUT2D eigenvalue weighted by atomic mass is 16.6. The van der Waals surface area contributed by atoms with E-state index < -0.39 is 11.2 Å². The predicted molar refractivity (Wildman–Crippen MR) is 163 cm³/mol. The number of amides is 2. The Morgan fingerprint density at radius 2 is 1.05 bits per heavy atom. The molecule has 0 heterocycles. The molecule has 0 radical (unpaired) electrons. The lowest BCUT2D eigenvalue weighted by atomic mass is 9.78. The minimum atomic E-state index is -0.602. The Morgan fingerprint density at radius 3 is 1.39 bits per heavy atom. The van der Waals surface area contributed by atoms with Crippen molar-refractivity contribution in [2.45, 2.75) is 135 Å². The number of rotatable bonds is 6. The topological polar surface area (TPSA) is 59.1 Å². The molecule has 6 heteroatoms. The van der Waals surface area contributed by atoms with Gasteiger partial charge in [-0.2, -0.15) is 0 Å². The largest absolute Gasteiger partial charge is 0.444 e. The maximum Gasteiger partial charge on any atom is 0.410 e. The van der Waals surface area contributed by atoms with Gasteiger partial charge in [0, 0.05) is 37.0 Å². The molecule has 8 atom stereocenters. The second-order valence-corrected chi connectivity index (χ2v) is 15.1. The molecule has 4 fully saturated rings. The minimum Gasteiger partial charge on any atom is -0.444 e. The van der Waals surface area contributed by atoms with Gasteiger partial charge in [0.1, 0.15) is 11.2 Å². The number of ether oxygens (including phenoxy) is 2. The molecule has 0 aromatic carbocycles. The molecule has 0 bridgehead atoms. The van der Waals surface area contributed by atoms with Crippen LogP contribution in [0.5, 0.6) is 0 Å². The molecule has 0 saturated heterocycles. The van der Waals surface area contributed by atoms with Crippen LogP contribution in [0, 0.1) is 60.2 Å². The molecule has 4 saturated carbocycles. The van der Waals surface area contributed by atoms with Crippen LogP contribution < -0.4 is 0 Å². The first-order chi connectivity index (χ1) is 19.3. The molecule has 0 aromatic rings. The summed E-state index contributed by atoms with van der Waals surface area (Å²) in [6.45, 7) is 12.4. The Morgan fingerprint density at radius 1 is 0.683 bits per heavy atom. The molecule has 4 rings (SSSR count). The number of terminal acetylenes is 2. The fourth-order valence-electron chi connectivity index (χ4n) is 8.44. The van der Waals surface area contributed by atoms with Gasteiger partial charge in [-0.05, 0) is 97.3 Å². The van der Waals surface area contributed by atoms with Gasteiger partial charge in [-0.1, -0.05) is 38.5 Å². The SMILES string of the molecule is C#C[C@H]1[C@@H]2CCCC[C@H]2C[C@H]1N(CCCN(C(=O)OC(C)(C)C)[C@H]1C[C@@H]2CCCC[C@H]2[C@@H]1C#C)C(=O)OC(C)(C)C. The van der Waals surface area contributed by atoms with Gasteiger partial charge in [0.2, 0.25) is 0 Å². The standard InChI is InChI=1S/C35H54N2O4/c1-9-26-28-18-13-11-16-24(28)22-30(26)36(32(38)40-34(3,4)5)20-15-21-37(33(39)41-35(6,7)8)31-23-25-17-12-14-19-29(25)27(31)10-2/h1-2,24-31H,11-23H2,3-8H3/t24-,25-,26-,27-,28+,29+,30-,31+/m0/s1. The van der Waals surface area contributed by atoms with E-state index in [1.165, 1.54) is 38.5 Å². The molecular weight excluding hydrogens is 512 g/mol. The van der Waals surface area contributed by atoms with Crippen LogP contribution in [0.4, 0.5) is 9.59 Å². The molecule has 2 amide bonds. The fraction of sp³-hybridized carbons (Fsp3) is 0.829. The van der Waals surface area contributed by atoms with Gasteiger partial charge in [-0.15, -0.1) is 24.7 Å². The number of fused-ring (bicyclic) bond motifs is 2. The van der Waals surface area contributed by atoms with Gasteiger partial charge in [0.05, 0.1) is 0 Å². The Balaban J connectivity index is 1.54. The third-order valence-corrected chi connectivity index (χ3v) is 10.0. The first-order valence-electron chi connectivity index (χ1n) is 16.2. The highest BCUT2D eigenvalue weighted by molar-refractivity contribution is 5.69. The van der Waals surface area contributed by atoms with Crippen molar-refractivity contribution < 1.29 is 19.1 Å². The van der Waals surface area contributed by atoms with Crippen molar-refractivity contribution in [1.29, 1.82) is 0 Å². The van der Waals surface area contributed by atoms with Crippen molar-refractivity contribution in [1.82, 2.24) is 9.80 Å². The van der Waals surface area contributed by atoms with E-state index in [9.17, 15) is 9.59 Å². The zero-order valence-corrected chi connectivity index (χ0v) is 26.5. The second kappa shape index (κ2) is 12.9. The smallest absolute Gasteiger partial charge is 0.410 e. The molecule has 41 heavy (non-hydrogen) atoms. The van der Waals surface area contributed by atoms with Crippen LogP contribution in [-0.4, -0.2) is 58.4 Å². The maximum absolute atomic E-state index is 13.6. The molecule has 6 nitrogen and oxygen atoms in total. The molecule has 228 valence electrons. The second-order valence-electron chi connectivity index (χ2n) is 15.1. The molecule has 0 unspecified atom stereocenters. The summed E-state index contributed by atoms with van der Waals surface area (Å²) >= 11 is 0. The Labute approximate surface area is 249 Å². The van der Waals surface area contributed by atoms with Crippen LogP contribution in [0.25, 0.3) is 0 Å². The van der Waals surface area contributed by atoms with Crippen LogP contribution in [0.15, 0.2) is 0 Å². The third-order valence-electron chi connectivity index (χ3n) is 10.0. The number of carbonyl (C=O) groups is 2. The monoisotopic (exact) mass is 566 g/mol. The van der Waals surface area contributed by atoms with Crippen LogP contribution >= 0.6 is 0 Å². The van der Waals surface area contributed by atoms with Crippen molar-refractivity contribution in [2.24, 2.45) is 35.5 Å². The molecule has 4 aliphatic rings. The van der Waals surface area contributed by atoms with Gasteiger partial charge >= 0.3 is 12.2 Å². The van der Waals surface area contributed by atoms with Crippen molar-refractivity contribution in [3.8, 4) is 24.7 Å². The van der Waals surface area contributed by atoms with Crippen molar-refractivity contribution >= 4 is 12.2 Å². The predicted octanol–water partition coefficient (Wildman–Crippen LogP) is 7.51. The number of carbonyl (C=O) groups excluding carboxylic acids is 2.